The Bertz CT molecular complexity index is 3430. The van der Waals surface area contributed by atoms with Crippen LogP contribution < -0.4 is 36.6 Å². The second-order valence-electron chi connectivity index (χ2n) is 32.3. The zero-order chi connectivity index (χ0) is 82.8. The maximum atomic E-state index is 15.7. The second kappa shape index (κ2) is 44.3. The van der Waals surface area contributed by atoms with Crippen LogP contribution in [-0.4, -0.2) is 271 Å². The van der Waals surface area contributed by atoms with Gasteiger partial charge in [0.15, 0.2) is 0 Å². The fourth-order valence-corrected chi connectivity index (χ4v) is 13.8. The van der Waals surface area contributed by atoms with E-state index in [1.807, 2.05) is 62.3 Å². The van der Waals surface area contributed by atoms with Gasteiger partial charge in [0, 0.05) is 68.3 Å². The number of rotatable bonds is 23. The molecule has 2 fully saturated rings. The number of aliphatic hydroxyl groups is 1. The molecule has 0 radical (unpaired) electrons. The van der Waals surface area contributed by atoms with Gasteiger partial charge in [0.05, 0.1) is 44.0 Å². The van der Waals surface area contributed by atoms with Crippen LogP contribution in [0.2, 0.25) is 0 Å². The monoisotopic (exact) mass is 1540 g/mol. The molecule has 0 saturated carbocycles. The fourth-order valence-electron chi connectivity index (χ4n) is 13.8. The van der Waals surface area contributed by atoms with E-state index in [9.17, 15) is 24.3 Å². The number of piperidine rings is 1. The highest BCUT2D eigenvalue weighted by molar-refractivity contribution is 6.01. The number of aliphatic hydroxyl groups excluding tert-OH is 1. The molecule has 2 heterocycles. The Morgan fingerprint density at radius 2 is 1.08 bits per heavy atom. The summed E-state index contributed by atoms with van der Waals surface area (Å²) in [7, 11) is 9.86. The first-order valence-electron chi connectivity index (χ1n) is 39.3. The molecule has 0 unspecified atom stereocenters. The molecule has 29 heteroatoms. The van der Waals surface area contributed by atoms with Crippen LogP contribution in [0.3, 0.4) is 0 Å². The van der Waals surface area contributed by atoms with Crippen LogP contribution in [-0.2, 0) is 75.1 Å². The third kappa shape index (κ3) is 27.9. The summed E-state index contributed by atoms with van der Waals surface area (Å²) >= 11 is 0. The summed E-state index contributed by atoms with van der Waals surface area (Å²) in [6, 6.07) is -0.444. The van der Waals surface area contributed by atoms with Crippen LogP contribution in [0.1, 0.15) is 195 Å². The van der Waals surface area contributed by atoms with Gasteiger partial charge in [-0.3, -0.25) is 62.3 Å². The molecule has 2 aromatic carbocycles. The molecule has 0 aliphatic carbocycles. The van der Waals surface area contributed by atoms with Gasteiger partial charge in [-0.25, -0.2) is 0 Å². The van der Waals surface area contributed by atoms with Crippen molar-refractivity contribution in [2.24, 2.45) is 23.7 Å². The third-order valence-electron chi connectivity index (χ3n) is 20.2. The van der Waals surface area contributed by atoms with Gasteiger partial charge in [-0.2, -0.15) is 0 Å². The lowest BCUT2D eigenvalue weighted by Crippen LogP contribution is -2.62. The Morgan fingerprint density at radius 1 is 0.573 bits per heavy atom. The Labute approximate surface area is 652 Å². The summed E-state index contributed by atoms with van der Waals surface area (Å²) in [5.74, 6) is -10.3. The van der Waals surface area contributed by atoms with Crippen LogP contribution in [0, 0.1) is 23.7 Å². The summed E-state index contributed by atoms with van der Waals surface area (Å²) < 4.78 is 11.8. The molecule has 29 nitrogen and oxygen atoms in total. The molecule has 11 atom stereocenters. The smallest absolute Gasteiger partial charge is 0.254 e. The van der Waals surface area contributed by atoms with E-state index in [1.54, 1.807) is 81.1 Å². The lowest BCUT2D eigenvalue weighted by molar-refractivity contribution is -0.152. The van der Waals surface area contributed by atoms with Gasteiger partial charge in [-0.1, -0.05) is 112 Å². The first-order valence-corrected chi connectivity index (χ1v) is 39.3. The summed E-state index contributed by atoms with van der Waals surface area (Å²) in [4.78, 5) is 204. The number of hydrogen-bond donors (Lipinski definition) is 7. The molecule has 7 N–H and O–H groups in total. The molecule has 13 amide bonds. The highest BCUT2D eigenvalue weighted by Gasteiger charge is 2.44. The number of carbonyl (C=O) groups excluding carboxylic acids is 13. The molecule has 2 aliphatic rings. The molecule has 0 spiro atoms. The SMILES string of the molecule is CCCCN1CC(=O)N(C)[C@@H](CC(C)C)C(=O)N[C@@H](COC(C)(C)C)C(=O)N(C)[C@@H](CC(C)C)C(=O)N(C)[C@@H](CC)C(=O)N[C@H](C(=O)N2CCCCC2)CC(=O)N[C@H](CC(C)C)C(=O)N(C)[C@@H](Cc2ccccc2)C(=O)N[C@@H](CCc2ccc(C(=O)NC)c(OC)c2)C(=O)N(C)[C@@H](CC(C)C)C(=O)N[C@@H]([C@@H](C)O)C1=O. The molecule has 0 aromatic heterocycles. The number of hydrogen-bond acceptors (Lipinski definition) is 16. The minimum absolute atomic E-state index is 0.00343. The molecular formula is C81H131N13O16. The number of nitrogens with one attached hydrogen (secondary N) is 6. The van der Waals surface area contributed by atoms with Crippen LogP contribution >= 0.6 is 0 Å². The van der Waals surface area contributed by atoms with Crippen molar-refractivity contribution in [1.29, 1.82) is 0 Å². The number of ether oxygens (including phenoxy) is 2. The topological polar surface area (TPSA) is 355 Å². The lowest BCUT2D eigenvalue weighted by atomic mass is 9.97. The first-order chi connectivity index (χ1) is 51.6. The molecule has 4 rings (SSSR count). The molecule has 616 valence electrons. The minimum Gasteiger partial charge on any atom is -0.496 e. The largest absolute Gasteiger partial charge is 0.496 e. The Kier molecular flexibility index (Phi) is 37.8. The zero-order valence-electron chi connectivity index (χ0n) is 69.4. The first kappa shape index (κ1) is 93.6. The molecule has 2 saturated heterocycles. The number of unbranched alkanes of at least 4 members (excludes halogenated alkanes) is 1. The van der Waals surface area contributed by atoms with E-state index in [-0.39, 0.29) is 99.5 Å². The van der Waals surface area contributed by atoms with E-state index in [2.05, 4.69) is 31.9 Å². The van der Waals surface area contributed by atoms with Gasteiger partial charge >= 0.3 is 0 Å². The summed E-state index contributed by atoms with van der Waals surface area (Å²) in [6.45, 7) is 24.4. The minimum atomic E-state index is -1.71. The predicted molar refractivity (Wildman–Crippen MR) is 419 cm³/mol. The standard InChI is InChI=1S/C81H131N13O16/c1-22-24-37-94-47-68(97)88(16)62(41-50(5)6)72(100)86-60(48-110-81(12,13)14)77(105)92(20)65(43-52(9)10)79(107)89(17)61(23-2)71(99)85-59(78(106)93-38-29-26-30-39-93)46-67(96)83-58(40-49(3)4)76(104)91(19)64(44-54-31-27-25-28-32-54)73(101)84-57(36-34-55-33-35-56(70(98)82-15)66(45-55)109-21)75(103)90(18)63(42-51(7)8)74(102)87-69(53(11)95)80(94)108/h25,27-28,31-33,35,45,49-53,57-65,69,95H,22-24,26,29-30,34,36-44,46-48H2,1-21H3,(H,82,98)(H,83,96)(H,84,101)(H,85,99)(H,86,100)(H,87,102)/t53-,57+,58-,59+,60+,61+,62+,63+,64+,65+,69+/m1/s1. The van der Waals surface area contributed by atoms with Gasteiger partial charge in [0.25, 0.3) is 5.91 Å². The van der Waals surface area contributed by atoms with Gasteiger partial charge in [0.2, 0.25) is 70.9 Å². The Morgan fingerprint density at radius 3 is 1.63 bits per heavy atom. The van der Waals surface area contributed by atoms with E-state index < -0.39 is 162 Å². The Hall–Kier alpha value is -8.73. The quantitative estimate of drug-likeness (QED) is 0.0798. The number of aryl methyl sites for hydroxylation is 1. The number of benzene rings is 2. The average Bonchev–Trinajstić information content (AvgIpc) is 0.828. The van der Waals surface area contributed by atoms with Gasteiger partial charge in [-0.05, 0) is 145 Å². The summed E-state index contributed by atoms with van der Waals surface area (Å²) in [5.41, 5.74) is 0.559. The number of nitrogens with zero attached hydrogens (tertiary/aromatic N) is 7. The molecule has 110 heavy (non-hydrogen) atoms. The predicted octanol–water partition coefficient (Wildman–Crippen LogP) is 4.62. The molecular weight excluding hydrogens is 1410 g/mol. The van der Waals surface area contributed by atoms with E-state index >= 15 is 43.2 Å². The van der Waals surface area contributed by atoms with Crippen molar-refractivity contribution < 1.29 is 76.9 Å². The van der Waals surface area contributed by atoms with Crippen molar-refractivity contribution in [2.75, 3.05) is 82.2 Å². The Balaban J connectivity index is 2.06. The second-order valence-corrected chi connectivity index (χ2v) is 32.3. The van der Waals surface area contributed by atoms with Crippen molar-refractivity contribution in [3.8, 4) is 5.75 Å². The van der Waals surface area contributed by atoms with E-state index in [0.29, 0.717) is 49.9 Å². The van der Waals surface area contributed by atoms with E-state index in [0.717, 1.165) is 11.3 Å². The lowest BCUT2D eigenvalue weighted by Gasteiger charge is -2.38. The van der Waals surface area contributed by atoms with Gasteiger partial charge in [-0.15, -0.1) is 0 Å². The van der Waals surface area contributed by atoms with Gasteiger partial charge < -0.3 is 80.8 Å². The number of methoxy groups -OCH3 is 1. The van der Waals surface area contributed by atoms with Crippen LogP contribution in [0.25, 0.3) is 0 Å². The third-order valence-corrected chi connectivity index (χ3v) is 20.2. The zero-order valence-corrected chi connectivity index (χ0v) is 69.4. The number of likely N-dealkylation sites (tertiary alicyclic amines) is 1. The number of carbonyl (C=O) groups is 13. The molecule has 2 aromatic rings. The highest BCUT2D eigenvalue weighted by atomic mass is 16.5. The normalized spacial score (nSPS) is 23.8. The number of amides is 13. The molecule has 0 bridgehead atoms. The van der Waals surface area contributed by atoms with Crippen molar-refractivity contribution in [1.82, 2.24) is 66.2 Å². The van der Waals surface area contributed by atoms with Crippen molar-refractivity contribution >= 4 is 76.8 Å². The van der Waals surface area contributed by atoms with E-state index in [4.69, 9.17) is 9.47 Å². The van der Waals surface area contributed by atoms with Gasteiger partial charge in [0.1, 0.15) is 66.2 Å². The van der Waals surface area contributed by atoms with Crippen molar-refractivity contribution in [3.63, 3.8) is 0 Å². The van der Waals surface area contributed by atoms with Crippen molar-refractivity contribution in [3.05, 3.63) is 65.2 Å². The summed E-state index contributed by atoms with van der Waals surface area (Å²) in [5, 5.41) is 28.4. The van der Waals surface area contributed by atoms with Crippen LogP contribution in [0.5, 0.6) is 5.75 Å². The van der Waals surface area contributed by atoms with E-state index in [1.165, 1.54) is 80.8 Å². The van der Waals surface area contributed by atoms with Crippen molar-refractivity contribution in [2.45, 2.75) is 259 Å². The molecule has 2 aliphatic heterocycles. The van der Waals surface area contributed by atoms with Crippen LogP contribution in [0.15, 0.2) is 48.5 Å². The highest BCUT2D eigenvalue weighted by Crippen LogP contribution is 2.26. The maximum Gasteiger partial charge on any atom is 0.254 e. The van der Waals surface area contributed by atoms with Crippen LogP contribution in [0.4, 0.5) is 0 Å². The number of likely N-dealkylation sites (N-methyl/N-ethyl adjacent to an activating group) is 5. The average molecular weight is 1540 g/mol. The summed E-state index contributed by atoms with van der Waals surface area (Å²) in [6.07, 6.45) is 0.792. The maximum absolute atomic E-state index is 15.7. The fraction of sp³-hybridized carbons (Fsp3) is 0.691.